The molecule has 2 aliphatic heterocycles. The van der Waals surface area contributed by atoms with Crippen molar-refractivity contribution in [2.45, 2.75) is 77.3 Å². The Morgan fingerprint density at radius 2 is 1.75 bits per heavy atom. The van der Waals surface area contributed by atoms with Crippen LogP contribution in [0.1, 0.15) is 81.3 Å². The van der Waals surface area contributed by atoms with Crippen LogP contribution in [0, 0.1) is 10.8 Å². The van der Waals surface area contributed by atoms with Crippen LogP contribution >= 0.6 is 0 Å². The van der Waals surface area contributed by atoms with Gasteiger partial charge in [-0.1, -0.05) is 30.7 Å². The number of amides is 3. The second kappa shape index (κ2) is 12.6. The molecule has 0 saturated carbocycles. The lowest BCUT2D eigenvalue weighted by Gasteiger charge is -2.35. The monoisotopic (exact) mass is 542 g/mol. The van der Waals surface area contributed by atoms with Gasteiger partial charge in [0.25, 0.3) is 5.91 Å². The highest BCUT2D eigenvalue weighted by Gasteiger charge is 2.27. The number of aromatic nitrogens is 1. The molecule has 8 nitrogen and oxygen atoms in total. The van der Waals surface area contributed by atoms with E-state index in [2.05, 4.69) is 10.3 Å². The third-order valence-corrected chi connectivity index (χ3v) is 8.32. The van der Waals surface area contributed by atoms with Gasteiger partial charge in [-0.05, 0) is 98.3 Å². The van der Waals surface area contributed by atoms with Crippen LogP contribution in [0.4, 0.5) is 4.79 Å². The predicted octanol–water partition coefficient (Wildman–Crippen LogP) is 5.76. The van der Waals surface area contributed by atoms with E-state index >= 15 is 0 Å². The van der Waals surface area contributed by atoms with Gasteiger partial charge in [-0.15, -0.1) is 0 Å². The van der Waals surface area contributed by atoms with Crippen molar-refractivity contribution in [1.29, 1.82) is 10.8 Å². The predicted molar refractivity (Wildman–Crippen MR) is 160 cm³/mol. The van der Waals surface area contributed by atoms with E-state index in [1.54, 1.807) is 6.20 Å². The summed E-state index contributed by atoms with van der Waals surface area (Å²) in [5.41, 5.74) is 6.07. The molecule has 40 heavy (non-hydrogen) atoms. The molecule has 3 amide bonds. The second-order valence-electron chi connectivity index (χ2n) is 11.3. The summed E-state index contributed by atoms with van der Waals surface area (Å²) in [5.74, 6) is -0.264. The van der Waals surface area contributed by atoms with Gasteiger partial charge >= 0.3 is 6.03 Å². The molecule has 1 atom stereocenters. The van der Waals surface area contributed by atoms with Crippen LogP contribution in [0.25, 0.3) is 0 Å². The molecule has 1 saturated heterocycles. The van der Waals surface area contributed by atoms with Crippen molar-refractivity contribution in [3.63, 3.8) is 0 Å². The number of rotatable bonds is 4. The van der Waals surface area contributed by atoms with Gasteiger partial charge in [0, 0.05) is 39.5 Å². The van der Waals surface area contributed by atoms with Gasteiger partial charge in [-0.25, -0.2) is 4.79 Å². The number of fused-ring (bicyclic) bond motifs is 1. The molecule has 1 aromatic heterocycles. The maximum absolute atomic E-state index is 13.3. The first-order chi connectivity index (χ1) is 19.4. The maximum Gasteiger partial charge on any atom is 0.320 e. The summed E-state index contributed by atoms with van der Waals surface area (Å²) in [5, 5.41) is 20.1. The Kier molecular flexibility index (Phi) is 8.72. The Hall–Kier alpha value is -3.81. The molecule has 0 bridgehead atoms. The Morgan fingerprint density at radius 3 is 2.58 bits per heavy atom. The molecular formula is C32H42N6O2. The van der Waals surface area contributed by atoms with E-state index in [0.29, 0.717) is 30.2 Å². The lowest BCUT2D eigenvalue weighted by Crippen LogP contribution is -2.47. The molecule has 1 unspecified atom stereocenters. The standard InChI is InChI=1S/C32H40N6O2.H2/c1-22-17-23(30(34)24-9-4-2-5-11-27(33)18-24)10-8-12-28(22)36-31(39)29-19-26-21-38(16-13-25(26)20-35-29)32(40)37-14-6-3-7-15-37;/h8,10,12,17-20,28,33-34H,2-7,9,11,13-16,21H2,1H3,(H,36,39);1H/b24-18+,33-27?,34-30?;. The molecule has 212 valence electrons. The third kappa shape index (κ3) is 6.49. The zero-order chi connectivity index (χ0) is 28.1. The van der Waals surface area contributed by atoms with Gasteiger partial charge in [0.2, 0.25) is 0 Å². The SMILES string of the molecule is CC1=CC(C(=N)/C2=C/C(=N)CCCCC2)=CC=CC1NC(=O)c1cc2c(cn1)CCN(C(=O)N1CCCCC1)C2.[HH]. The fraction of sp³-hybridized carbons (Fsp3) is 0.469. The van der Waals surface area contributed by atoms with Crippen molar-refractivity contribution < 1.29 is 11.0 Å². The summed E-state index contributed by atoms with van der Waals surface area (Å²) in [6.07, 6.45) is 20.1. The van der Waals surface area contributed by atoms with Gasteiger partial charge in [0.05, 0.1) is 11.8 Å². The number of nitrogens with one attached hydrogen (secondary N) is 3. The van der Waals surface area contributed by atoms with Crippen LogP contribution in [-0.4, -0.2) is 63.8 Å². The average molecular weight is 543 g/mol. The molecule has 3 N–H and O–H groups in total. The smallest absolute Gasteiger partial charge is 0.320 e. The highest BCUT2D eigenvalue weighted by atomic mass is 16.2. The molecule has 3 heterocycles. The summed E-state index contributed by atoms with van der Waals surface area (Å²) in [6.45, 7) is 4.78. The second-order valence-corrected chi connectivity index (χ2v) is 11.3. The Morgan fingerprint density at radius 1 is 0.975 bits per heavy atom. The number of hydrogen-bond acceptors (Lipinski definition) is 5. The van der Waals surface area contributed by atoms with E-state index in [1.165, 1.54) is 6.42 Å². The van der Waals surface area contributed by atoms with Crippen LogP contribution < -0.4 is 5.32 Å². The zero-order valence-corrected chi connectivity index (χ0v) is 23.5. The molecule has 5 rings (SSSR count). The lowest BCUT2D eigenvalue weighted by atomic mass is 9.92. The fourth-order valence-corrected chi connectivity index (χ4v) is 5.89. The molecule has 2 aliphatic carbocycles. The third-order valence-electron chi connectivity index (χ3n) is 8.32. The van der Waals surface area contributed by atoms with Crippen molar-refractivity contribution >= 4 is 23.4 Å². The summed E-state index contributed by atoms with van der Waals surface area (Å²) in [6, 6.07) is 1.60. The number of pyridine rings is 1. The number of likely N-dealkylation sites (tertiary alicyclic amines) is 1. The first kappa shape index (κ1) is 27.7. The van der Waals surface area contributed by atoms with Gasteiger partial charge in [-0.2, -0.15) is 0 Å². The Balaban J connectivity index is 0.00000387. The minimum atomic E-state index is -0.325. The zero-order valence-electron chi connectivity index (χ0n) is 23.5. The molecule has 0 spiro atoms. The van der Waals surface area contributed by atoms with Gasteiger partial charge in [0.1, 0.15) is 5.69 Å². The molecule has 1 fully saturated rings. The minimum Gasteiger partial charge on any atom is -0.341 e. The van der Waals surface area contributed by atoms with Crippen molar-refractivity contribution in [2.24, 2.45) is 0 Å². The maximum atomic E-state index is 13.3. The van der Waals surface area contributed by atoms with Crippen LogP contribution in [0.2, 0.25) is 0 Å². The van der Waals surface area contributed by atoms with Crippen LogP contribution in [0.3, 0.4) is 0 Å². The number of nitrogens with zero attached hydrogens (tertiary/aromatic N) is 3. The van der Waals surface area contributed by atoms with E-state index < -0.39 is 0 Å². The first-order valence-corrected chi connectivity index (χ1v) is 14.7. The number of piperidine rings is 1. The molecule has 4 aliphatic rings. The Bertz CT molecular complexity index is 1320. The van der Waals surface area contributed by atoms with E-state index in [1.807, 2.05) is 53.2 Å². The average Bonchev–Trinajstić information content (AvgIpc) is 3.14. The molecule has 8 heteroatoms. The molecule has 0 radical (unpaired) electrons. The molecule has 0 aromatic carbocycles. The number of urea groups is 1. The van der Waals surface area contributed by atoms with Gasteiger partial charge in [-0.3, -0.25) is 15.2 Å². The van der Waals surface area contributed by atoms with Crippen molar-refractivity contribution in [2.75, 3.05) is 19.6 Å². The Labute approximate surface area is 238 Å². The van der Waals surface area contributed by atoms with Crippen molar-refractivity contribution in [3.05, 3.63) is 76.2 Å². The summed E-state index contributed by atoms with van der Waals surface area (Å²) < 4.78 is 0. The molecule has 1 aromatic rings. The lowest BCUT2D eigenvalue weighted by molar-refractivity contribution is 0.0943. The first-order valence-electron chi connectivity index (χ1n) is 14.7. The number of carbonyl (C=O) groups is 2. The topological polar surface area (TPSA) is 113 Å². The highest BCUT2D eigenvalue weighted by Crippen LogP contribution is 2.24. The van der Waals surface area contributed by atoms with Crippen LogP contribution in [0.5, 0.6) is 0 Å². The normalized spacial score (nSPS) is 23.0. The van der Waals surface area contributed by atoms with Crippen molar-refractivity contribution in [3.8, 4) is 0 Å². The summed E-state index contributed by atoms with van der Waals surface area (Å²) in [4.78, 5) is 34.6. The number of carbonyl (C=O) groups excluding carboxylic acids is 2. The highest BCUT2D eigenvalue weighted by molar-refractivity contribution is 6.15. The van der Waals surface area contributed by atoms with E-state index in [4.69, 9.17) is 10.8 Å². The fourth-order valence-electron chi connectivity index (χ4n) is 5.89. The van der Waals surface area contributed by atoms with E-state index in [9.17, 15) is 9.59 Å². The van der Waals surface area contributed by atoms with Gasteiger partial charge in [0.15, 0.2) is 0 Å². The van der Waals surface area contributed by atoms with Crippen molar-refractivity contribution in [1.82, 2.24) is 20.1 Å². The van der Waals surface area contributed by atoms with Crippen LogP contribution in [0.15, 0.2) is 59.4 Å². The van der Waals surface area contributed by atoms with Crippen LogP contribution in [-0.2, 0) is 13.0 Å². The summed E-state index contributed by atoms with van der Waals surface area (Å²) in [7, 11) is 0. The van der Waals surface area contributed by atoms with E-state index in [0.717, 1.165) is 92.3 Å². The molecular weight excluding hydrogens is 500 g/mol. The number of allylic oxidation sites excluding steroid dienone is 6. The number of hydrogen-bond donors (Lipinski definition) is 3. The largest absolute Gasteiger partial charge is 0.341 e. The summed E-state index contributed by atoms with van der Waals surface area (Å²) >= 11 is 0. The minimum absolute atomic E-state index is 0. The quantitative estimate of drug-likeness (QED) is 0.420. The van der Waals surface area contributed by atoms with Gasteiger partial charge < -0.3 is 20.5 Å². The van der Waals surface area contributed by atoms with E-state index in [-0.39, 0.29) is 19.4 Å².